The van der Waals surface area contributed by atoms with Gasteiger partial charge in [-0.25, -0.2) is 0 Å². The van der Waals surface area contributed by atoms with Crippen LogP contribution >= 0.6 is 0 Å². The highest BCUT2D eigenvalue weighted by atomic mass is 16.2. The maximum atomic E-state index is 13.3. The number of allylic oxidation sites excluding steroid dienone is 2. The van der Waals surface area contributed by atoms with Crippen LogP contribution in [0.3, 0.4) is 0 Å². The highest BCUT2D eigenvalue weighted by Crippen LogP contribution is 2.66. The smallest absolute Gasteiger partial charge is 0.226 e. The summed E-state index contributed by atoms with van der Waals surface area (Å²) in [6.45, 7) is 7.61. The molecule has 1 aliphatic heterocycles. The van der Waals surface area contributed by atoms with Crippen molar-refractivity contribution in [2.45, 2.75) is 72.3 Å². The lowest BCUT2D eigenvalue weighted by Crippen LogP contribution is -2.55. The zero-order valence-electron chi connectivity index (χ0n) is 20.0. The summed E-state index contributed by atoms with van der Waals surface area (Å²) in [6, 6.07) is 3.93. The fourth-order valence-electron chi connectivity index (χ4n) is 8.35. The van der Waals surface area contributed by atoms with Crippen molar-refractivity contribution in [1.29, 1.82) is 0 Å². The van der Waals surface area contributed by atoms with Gasteiger partial charge in [0.1, 0.15) is 0 Å². The van der Waals surface area contributed by atoms with Gasteiger partial charge in [-0.2, -0.15) is 0 Å². The molecule has 3 aliphatic carbocycles. The third-order valence-electron chi connectivity index (χ3n) is 9.82. The molecular weight excluding hydrogens is 398 g/mol. The molecule has 5 nitrogen and oxygen atoms in total. The van der Waals surface area contributed by atoms with E-state index in [2.05, 4.69) is 31.1 Å². The van der Waals surface area contributed by atoms with E-state index in [1.807, 2.05) is 30.3 Å². The molecule has 1 saturated heterocycles. The molecule has 2 heterocycles. The van der Waals surface area contributed by atoms with Crippen LogP contribution in [0.15, 0.2) is 35.8 Å². The Kier molecular flexibility index (Phi) is 5.22. The summed E-state index contributed by atoms with van der Waals surface area (Å²) < 4.78 is 0. The molecule has 2 saturated carbocycles. The van der Waals surface area contributed by atoms with E-state index in [9.17, 15) is 9.59 Å². The average Bonchev–Trinajstić information content (AvgIpc) is 3.13. The maximum Gasteiger partial charge on any atom is 0.226 e. The number of hydrogen-bond donors (Lipinski definition) is 1. The molecule has 0 unspecified atom stereocenters. The summed E-state index contributed by atoms with van der Waals surface area (Å²) >= 11 is 0. The summed E-state index contributed by atoms with van der Waals surface area (Å²) in [5.74, 6) is 2.41. The lowest BCUT2D eigenvalue weighted by Gasteiger charge is -2.59. The first-order chi connectivity index (χ1) is 15.3. The van der Waals surface area contributed by atoms with Gasteiger partial charge >= 0.3 is 0 Å². The first kappa shape index (κ1) is 21.7. The van der Waals surface area contributed by atoms with Gasteiger partial charge in [0.05, 0.1) is 0 Å². The summed E-state index contributed by atoms with van der Waals surface area (Å²) in [4.78, 5) is 31.9. The fourth-order valence-corrected chi connectivity index (χ4v) is 8.35. The van der Waals surface area contributed by atoms with Crippen LogP contribution in [-0.4, -0.2) is 28.7 Å². The Morgan fingerprint density at radius 2 is 2.03 bits per heavy atom. The summed E-state index contributed by atoms with van der Waals surface area (Å²) in [6.07, 6.45) is 10.7. The molecule has 1 N–H and O–H groups in total. The summed E-state index contributed by atoms with van der Waals surface area (Å²) in [5, 5.41) is 3.21. The first-order valence-corrected chi connectivity index (χ1v) is 12.4. The number of amides is 2. The molecular formula is C27H37N3O2. The lowest BCUT2D eigenvalue weighted by molar-refractivity contribution is -0.138. The fraction of sp³-hybridized carbons (Fsp3) is 0.667. The molecule has 3 fully saturated rings. The minimum atomic E-state index is 0.0741. The van der Waals surface area contributed by atoms with E-state index in [0.29, 0.717) is 30.7 Å². The van der Waals surface area contributed by atoms with Gasteiger partial charge in [-0.1, -0.05) is 25.5 Å². The average molecular weight is 436 g/mol. The number of nitrogens with one attached hydrogen (secondary N) is 1. The van der Waals surface area contributed by atoms with E-state index in [-0.39, 0.29) is 28.6 Å². The van der Waals surface area contributed by atoms with Crippen molar-refractivity contribution in [3.8, 4) is 0 Å². The van der Waals surface area contributed by atoms with Gasteiger partial charge in [0.15, 0.2) is 0 Å². The van der Waals surface area contributed by atoms with Crippen molar-refractivity contribution < 1.29 is 9.59 Å². The largest absolute Gasteiger partial charge is 0.352 e. The minimum Gasteiger partial charge on any atom is -0.352 e. The number of pyridine rings is 1. The molecule has 0 aromatic carbocycles. The predicted octanol–water partition coefficient (Wildman–Crippen LogP) is 4.69. The van der Waals surface area contributed by atoms with Gasteiger partial charge in [-0.3, -0.25) is 14.6 Å². The van der Waals surface area contributed by atoms with E-state index in [1.165, 1.54) is 17.7 Å². The number of likely N-dealkylation sites (tertiary alicyclic amines) is 1. The minimum absolute atomic E-state index is 0.0741. The molecule has 5 rings (SSSR count). The number of fused-ring (bicyclic) bond motifs is 5. The van der Waals surface area contributed by atoms with Gasteiger partial charge in [0.25, 0.3) is 0 Å². The molecule has 0 bridgehead atoms. The Bertz CT molecular complexity index is 957. The van der Waals surface area contributed by atoms with Crippen LogP contribution in [0.2, 0.25) is 0 Å². The molecule has 1 aromatic rings. The second-order valence-electron chi connectivity index (χ2n) is 11.3. The SMILES string of the molecule is CC1=C2N(C)C(=O)CC[C@]2(C)[C@H]2CC[C@]3(C)[C@@H](C(=O)NCc4cccnc4)CC[C@H]3[C@@H]2C1. The molecule has 2 amide bonds. The molecule has 6 atom stereocenters. The topological polar surface area (TPSA) is 62.3 Å². The van der Waals surface area contributed by atoms with Crippen molar-refractivity contribution in [3.63, 3.8) is 0 Å². The van der Waals surface area contributed by atoms with Crippen LogP contribution in [-0.2, 0) is 16.1 Å². The highest BCUT2D eigenvalue weighted by Gasteiger charge is 2.61. The Balaban J connectivity index is 1.37. The zero-order valence-corrected chi connectivity index (χ0v) is 20.0. The number of hydrogen-bond acceptors (Lipinski definition) is 3. The van der Waals surface area contributed by atoms with Crippen LogP contribution < -0.4 is 5.32 Å². The second kappa shape index (κ2) is 7.71. The van der Waals surface area contributed by atoms with Crippen molar-refractivity contribution in [2.75, 3.05) is 7.05 Å². The van der Waals surface area contributed by atoms with Crippen molar-refractivity contribution in [3.05, 3.63) is 41.4 Å². The third-order valence-corrected chi connectivity index (χ3v) is 9.82. The van der Waals surface area contributed by atoms with E-state index in [1.54, 1.807) is 6.20 Å². The van der Waals surface area contributed by atoms with E-state index in [0.717, 1.165) is 37.7 Å². The van der Waals surface area contributed by atoms with Crippen LogP contribution in [0, 0.1) is 34.5 Å². The Morgan fingerprint density at radius 1 is 1.22 bits per heavy atom. The number of carbonyl (C=O) groups is 2. The quantitative estimate of drug-likeness (QED) is 0.749. The van der Waals surface area contributed by atoms with Crippen molar-refractivity contribution in [2.24, 2.45) is 34.5 Å². The van der Waals surface area contributed by atoms with Crippen molar-refractivity contribution in [1.82, 2.24) is 15.2 Å². The predicted molar refractivity (Wildman–Crippen MR) is 124 cm³/mol. The first-order valence-electron chi connectivity index (χ1n) is 12.4. The molecule has 32 heavy (non-hydrogen) atoms. The van der Waals surface area contributed by atoms with Crippen LogP contribution in [0.1, 0.15) is 71.3 Å². The Hall–Kier alpha value is -2.17. The van der Waals surface area contributed by atoms with E-state index >= 15 is 0 Å². The second-order valence-corrected chi connectivity index (χ2v) is 11.3. The van der Waals surface area contributed by atoms with Crippen LogP contribution in [0.25, 0.3) is 0 Å². The third kappa shape index (κ3) is 3.14. The monoisotopic (exact) mass is 435 g/mol. The van der Waals surface area contributed by atoms with Gasteiger partial charge in [-0.05, 0) is 80.2 Å². The van der Waals surface area contributed by atoms with E-state index in [4.69, 9.17) is 0 Å². The Labute approximate surface area is 192 Å². The normalized spacial score (nSPS) is 38.8. The van der Waals surface area contributed by atoms with Gasteiger partial charge in [0, 0.05) is 49.4 Å². The number of nitrogens with zero attached hydrogens (tertiary/aromatic N) is 2. The molecule has 1 aromatic heterocycles. The highest BCUT2D eigenvalue weighted by molar-refractivity contribution is 5.80. The molecule has 172 valence electrons. The summed E-state index contributed by atoms with van der Waals surface area (Å²) in [5.41, 5.74) is 3.93. The number of piperidine rings is 1. The van der Waals surface area contributed by atoms with Crippen LogP contribution in [0.4, 0.5) is 0 Å². The molecule has 0 spiro atoms. The number of rotatable bonds is 3. The van der Waals surface area contributed by atoms with E-state index < -0.39 is 0 Å². The number of carbonyl (C=O) groups excluding carboxylic acids is 2. The van der Waals surface area contributed by atoms with Gasteiger partial charge < -0.3 is 10.2 Å². The zero-order chi connectivity index (χ0) is 22.7. The number of aromatic nitrogens is 1. The molecule has 4 aliphatic rings. The standard InChI is InChI=1S/C27H37N3O2/c1-17-14-19-20-7-8-22(25(32)29-16-18-6-5-13-28-15-18)26(20,2)11-9-21(19)27(3)12-10-23(31)30(4)24(17)27/h5-6,13,15,19-22H,7-12,14,16H2,1-4H3,(H,29,32)/t19-,20-,21-,22+,26-,27+/m0/s1. The van der Waals surface area contributed by atoms with Crippen LogP contribution in [0.5, 0.6) is 0 Å². The summed E-state index contributed by atoms with van der Waals surface area (Å²) in [7, 11) is 1.98. The molecule has 0 radical (unpaired) electrons. The van der Waals surface area contributed by atoms with Gasteiger partial charge in [-0.15, -0.1) is 0 Å². The molecule has 5 heteroatoms. The lowest BCUT2D eigenvalue weighted by atomic mass is 9.48. The maximum absolute atomic E-state index is 13.3. The van der Waals surface area contributed by atoms with Gasteiger partial charge in [0.2, 0.25) is 11.8 Å². The Morgan fingerprint density at radius 3 is 2.78 bits per heavy atom. The van der Waals surface area contributed by atoms with Crippen molar-refractivity contribution >= 4 is 11.8 Å².